The first-order chi connectivity index (χ1) is 8.67. The fraction of sp³-hybridized carbons (Fsp3) is 0.250. The Morgan fingerprint density at radius 3 is 2.39 bits per heavy atom. The van der Waals surface area contributed by atoms with E-state index in [1.807, 2.05) is 19.1 Å². The van der Waals surface area contributed by atoms with Crippen molar-refractivity contribution in [1.82, 2.24) is 15.2 Å². The Hall–Kier alpha value is -2.37. The van der Waals surface area contributed by atoms with Crippen molar-refractivity contribution in [2.45, 2.75) is 6.92 Å². The summed E-state index contributed by atoms with van der Waals surface area (Å²) in [7, 11) is 3.17. The smallest absolute Gasteiger partial charge is 0.161 e. The van der Waals surface area contributed by atoms with Crippen molar-refractivity contribution in [2.75, 3.05) is 20.0 Å². The third-order valence-electron chi connectivity index (χ3n) is 2.63. The fourth-order valence-corrected chi connectivity index (χ4v) is 1.71. The number of benzene rings is 1. The molecule has 0 aliphatic heterocycles. The first kappa shape index (κ1) is 12.1. The van der Waals surface area contributed by atoms with Crippen LogP contribution >= 0.6 is 0 Å². The van der Waals surface area contributed by atoms with Crippen molar-refractivity contribution in [1.29, 1.82) is 0 Å². The number of rotatable bonds is 3. The Morgan fingerprint density at radius 2 is 1.78 bits per heavy atom. The highest BCUT2D eigenvalue weighted by Crippen LogP contribution is 2.35. The molecule has 94 valence electrons. The predicted octanol–water partition coefficient (Wildman–Crippen LogP) is 1.45. The SMILES string of the molecule is COc1cc(C)c(-c2nncnc2N)cc1OC. The zero-order valence-electron chi connectivity index (χ0n) is 10.5. The van der Waals surface area contributed by atoms with E-state index in [-0.39, 0.29) is 0 Å². The zero-order valence-corrected chi connectivity index (χ0v) is 10.5. The molecule has 0 aliphatic rings. The average Bonchev–Trinajstić information content (AvgIpc) is 2.39. The van der Waals surface area contributed by atoms with Crippen molar-refractivity contribution in [2.24, 2.45) is 0 Å². The lowest BCUT2D eigenvalue weighted by molar-refractivity contribution is 0.355. The summed E-state index contributed by atoms with van der Waals surface area (Å²) < 4.78 is 10.5. The van der Waals surface area contributed by atoms with Crippen LogP contribution in [-0.2, 0) is 0 Å². The van der Waals surface area contributed by atoms with Gasteiger partial charge in [0.2, 0.25) is 0 Å². The Kier molecular flexibility index (Phi) is 3.27. The number of methoxy groups -OCH3 is 2. The molecule has 0 saturated carbocycles. The quantitative estimate of drug-likeness (QED) is 0.882. The summed E-state index contributed by atoms with van der Waals surface area (Å²) in [5.74, 6) is 1.61. The minimum Gasteiger partial charge on any atom is -0.493 e. The predicted molar refractivity (Wildman–Crippen MR) is 67.5 cm³/mol. The number of aromatic nitrogens is 3. The highest BCUT2D eigenvalue weighted by atomic mass is 16.5. The van der Waals surface area contributed by atoms with E-state index >= 15 is 0 Å². The van der Waals surface area contributed by atoms with Crippen molar-refractivity contribution >= 4 is 5.82 Å². The van der Waals surface area contributed by atoms with E-state index in [1.165, 1.54) is 6.33 Å². The standard InChI is InChI=1S/C12H14N4O2/c1-7-4-9(17-2)10(18-3)5-8(7)11-12(13)14-6-15-16-11/h4-6H,1-3H3,(H2,13,14,15). The summed E-state index contributed by atoms with van der Waals surface area (Å²) in [6, 6.07) is 3.68. The maximum atomic E-state index is 5.80. The first-order valence-electron chi connectivity index (χ1n) is 5.33. The molecule has 1 aromatic carbocycles. The summed E-state index contributed by atoms with van der Waals surface area (Å²) in [6.45, 7) is 1.94. The molecular weight excluding hydrogens is 232 g/mol. The molecule has 1 aromatic heterocycles. The van der Waals surface area contributed by atoms with Gasteiger partial charge in [-0.2, -0.15) is 0 Å². The van der Waals surface area contributed by atoms with Crippen LogP contribution in [0.1, 0.15) is 5.56 Å². The second-order valence-electron chi connectivity index (χ2n) is 3.72. The van der Waals surface area contributed by atoms with Gasteiger partial charge in [-0.3, -0.25) is 0 Å². The van der Waals surface area contributed by atoms with Crippen LogP contribution in [0.5, 0.6) is 11.5 Å². The summed E-state index contributed by atoms with van der Waals surface area (Å²) in [4.78, 5) is 3.93. The van der Waals surface area contributed by atoms with Gasteiger partial charge < -0.3 is 15.2 Å². The number of anilines is 1. The number of nitrogens with two attached hydrogens (primary N) is 1. The van der Waals surface area contributed by atoms with Crippen molar-refractivity contribution in [3.63, 3.8) is 0 Å². The number of hydrogen-bond donors (Lipinski definition) is 1. The van der Waals surface area contributed by atoms with Crippen LogP contribution in [0.2, 0.25) is 0 Å². The van der Waals surface area contributed by atoms with Gasteiger partial charge >= 0.3 is 0 Å². The van der Waals surface area contributed by atoms with Gasteiger partial charge in [0.15, 0.2) is 17.3 Å². The van der Waals surface area contributed by atoms with Crippen LogP contribution in [0.4, 0.5) is 5.82 Å². The maximum Gasteiger partial charge on any atom is 0.161 e. The van der Waals surface area contributed by atoms with Gasteiger partial charge in [-0.05, 0) is 24.6 Å². The number of aryl methyl sites for hydroxylation is 1. The second kappa shape index (κ2) is 4.87. The van der Waals surface area contributed by atoms with Crippen LogP contribution < -0.4 is 15.2 Å². The molecule has 2 N–H and O–H groups in total. The lowest BCUT2D eigenvalue weighted by Crippen LogP contribution is -2.01. The molecule has 6 nitrogen and oxygen atoms in total. The van der Waals surface area contributed by atoms with E-state index in [0.29, 0.717) is 23.0 Å². The van der Waals surface area contributed by atoms with E-state index in [1.54, 1.807) is 14.2 Å². The van der Waals surface area contributed by atoms with Gasteiger partial charge in [-0.25, -0.2) is 4.98 Å². The first-order valence-corrected chi connectivity index (χ1v) is 5.33. The van der Waals surface area contributed by atoms with E-state index in [0.717, 1.165) is 11.1 Å². The fourth-order valence-electron chi connectivity index (χ4n) is 1.71. The molecule has 0 unspecified atom stereocenters. The number of hydrogen-bond acceptors (Lipinski definition) is 6. The summed E-state index contributed by atoms with van der Waals surface area (Å²) in [5, 5.41) is 7.75. The van der Waals surface area contributed by atoms with E-state index in [9.17, 15) is 0 Å². The highest BCUT2D eigenvalue weighted by molar-refractivity contribution is 5.74. The number of nitrogen functional groups attached to an aromatic ring is 1. The van der Waals surface area contributed by atoms with Crippen molar-refractivity contribution in [3.8, 4) is 22.8 Å². The van der Waals surface area contributed by atoms with Gasteiger partial charge in [-0.15, -0.1) is 10.2 Å². The molecule has 0 spiro atoms. The molecule has 6 heteroatoms. The molecule has 0 radical (unpaired) electrons. The van der Waals surface area contributed by atoms with E-state index in [2.05, 4.69) is 15.2 Å². The van der Waals surface area contributed by atoms with Gasteiger partial charge in [0.05, 0.1) is 14.2 Å². The zero-order chi connectivity index (χ0) is 13.1. The van der Waals surface area contributed by atoms with Crippen LogP contribution in [-0.4, -0.2) is 29.4 Å². The average molecular weight is 246 g/mol. The molecule has 0 aliphatic carbocycles. The van der Waals surface area contributed by atoms with E-state index < -0.39 is 0 Å². The van der Waals surface area contributed by atoms with Crippen LogP contribution in [0.15, 0.2) is 18.5 Å². The molecule has 0 fully saturated rings. The lowest BCUT2D eigenvalue weighted by Gasteiger charge is -2.12. The molecule has 0 amide bonds. The van der Waals surface area contributed by atoms with Crippen molar-refractivity contribution < 1.29 is 9.47 Å². The summed E-state index contributed by atoms with van der Waals surface area (Å²) in [6.07, 6.45) is 1.31. The van der Waals surface area contributed by atoms with Crippen LogP contribution in [0, 0.1) is 6.92 Å². The minimum absolute atomic E-state index is 0.334. The van der Waals surface area contributed by atoms with Gasteiger partial charge in [0.25, 0.3) is 0 Å². The summed E-state index contributed by atoms with van der Waals surface area (Å²) >= 11 is 0. The highest BCUT2D eigenvalue weighted by Gasteiger charge is 2.13. The monoisotopic (exact) mass is 246 g/mol. The topological polar surface area (TPSA) is 83.2 Å². The molecule has 0 atom stereocenters. The maximum absolute atomic E-state index is 5.80. The molecule has 2 rings (SSSR count). The van der Waals surface area contributed by atoms with Crippen LogP contribution in [0.25, 0.3) is 11.3 Å². The Balaban J connectivity index is 2.62. The molecule has 1 heterocycles. The van der Waals surface area contributed by atoms with Crippen LogP contribution in [0.3, 0.4) is 0 Å². The molecular formula is C12H14N4O2. The van der Waals surface area contributed by atoms with Crippen molar-refractivity contribution in [3.05, 3.63) is 24.0 Å². The normalized spacial score (nSPS) is 10.2. The van der Waals surface area contributed by atoms with Gasteiger partial charge in [0.1, 0.15) is 12.0 Å². The Morgan fingerprint density at radius 1 is 1.11 bits per heavy atom. The summed E-state index contributed by atoms with van der Waals surface area (Å²) in [5.41, 5.74) is 8.12. The van der Waals surface area contributed by atoms with Gasteiger partial charge in [0, 0.05) is 5.56 Å². The molecule has 18 heavy (non-hydrogen) atoms. The number of ether oxygens (including phenoxy) is 2. The largest absolute Gasteiger partial charge is 0.493 e. The molecule has 0 saturated heterocycles. The Bertz CT molecular complexity index is 572. The Labute approximate surface area is 105 Å². The minimum atomic E-state index is 0.334. The second-order valence-corrected chi connectivity index (χ2v) is 3.72. The molecule has 0 bridgehead atoms. The van der Waals surface area contributed by atoms with Gasteiger partial charge in [-0.1, -0.05) is 0 Å². The lowest BCUT2D eigenvalue weighted by atomic mass is 10.0. The molecule has 2 aromatic rings. The number of nitrogens with zero attached hydrogens (tertiary/aromatic N) is 3. The third kappa shape index (κ3) is 2.04. The van der Waals surface area contributed by atoms with E-state index in [4.69, 9.17) is 15.2 Å². The third-order valence-corrected chi connectivity index (χ3v) is 2.63.